The fourth-order valence-electron chi connectivity index (χ4n) is 6.95. The highest BCUT2D eigenvalue weighted by Gasteiger charge is 2.43. The molecule has 2 aliphatic heterocycles. The van der Waals surface area contributed by atoms with Gasteiger partial charge in [0.25, 0.3) is 0 Å². The van der Waals surface area contributed by atoms with E-state index in [0.717, 1.165) is 62.3 Å². The summed E-state index contributed by atoms with van der Waals surface area (Å²) in [5.41, 5.74) is 12.3. The van der Waals surface area contributed by atoms with Gasteiger partial charge in [-0.3, -0.25) is 9.59 Å². The number of aliphatic carboxylic acids is 1. The molecule has 5 heterocycles. The number of aromatic nitrogens is 3. The van der Waals surface area contributed by atoms with E-state index < -0.39 is 11.9 Å². The summed E-state index contributed by atoms with van der Waals surface area (Å²) in [5.74, 6) is -1.61. The minimum absolute atomic E-state index is 0.0249. The Hall–Kier alpha value is -4.00. The van der Waals surface area contributed by atoms with Crippen molar-refractivity contribution >= 4 is 35.6 Å². The smallest absolute Gasteiger partial charge is 0.313 e. The van der Waals surface area contributed by atoms with E-state index in [9.17, 15) is 14.7 Å². The van der Waals surface area contributed by atoms with Crippen molar-refractivity contribution in [3.05, 3.63) is 78.2 Å². The Kier molecular flexibility index (Phi) is 5.68. The quantitative estimate of drug-likeness (QED) is 0.346. The number of hydrogen-bond donors (Lipinski definition) is 5. The lowest BCUT2D eigenvalue weighted by Gasteiger charge is -2.12. The number of carboxylic acid groups (broad SMARTS) is 1. The Balaban J connectivity index is 1.74. The van der Waals surface area contributed by atoms with Gasteiger partial charge in [-0.15, -0.1) is 0 Å². The van der Waals surface area contributed by atoms with Crippen molar-refractivity contribution in [2.45, 2.75) is 67.2 Å². The van der Waals surface area contributed by atoms with Crippen molar-refractivity contribution in [1.29, 1.82) is 0 Å². The Morgan fingerprint density at radius 1 is 0.974 bits per heavy atom. The number of Topliss-reactive ketones (excluding diaryl/α,β-unsaturated/α-hetero) is 1. The molecule has 0 radical (unpaired) electrons. The number of hydrogen-bond acceptors (Lipinski definition) is 3. The van der Waals surface area contributed by atoms with Crippen molar-refractivity contribution in [2.75, 3.05) is 0 Å². The summed E-state index contributed by atoms with van der Waals surface area (Å²) in [4.78, 5) is 36.7. The minimum atomic E-state index is -0.892. The summed E-state index contributed by atoms with van der Waals surface area (Å²) >= 11 is 0. The van der Waals surface area contributed by atoms with Gasteiger partial charge in [-0.05, 0) is 79.2 Å². The number of carbonyl (C=O) groups excluding carboxylic acids is 1. The highest BCUT2D eigenvalue weighted by molar-refractivity contribution is 6.13. The zero-order valence-corrected chi connectivity index (χ0v) is 23.6. The summed E-state index contributed by atoms with van der Waals surface area (Å²) < 4.78 is 0. The van der Waals surface area contributed by atoms with Crippen LogP contribution in [0.3, 0.4) is 0 Å². The number of nitrogens with one attached hydrogen (secondary N) is 4. The van der Waals surface area contributed by atoms with E-state index in [4.69, 9.17) is 0 Å². The molecular formula is C32H36N4O3. The maximum absolute atomic E-state index is 13.3. The van der Waals surface area contributed by atoms with E-state index in [1.54, 1.807) is 0 Å². The van der Waals surface area contributed by atoms with E-state index in [-0.39, 0.29) is 18.1 Å². The van der Waals surface area contributed by atoms with Crippen molar-refractivity contribution < 1.29 is 14.7 Å². The first-order valence-corrected chi connectivity index (χ1v) is 13.9. The molecule has 3 aromatic rings. The molecule has 6 rings (SSSR count). The average Bonchev–Trinajstić information content (AvgIpc) is 3.61. The van der Waals surface area contributed by atoms with E-state index in [1.165, 1.54) is 16.7 Å². The molecule has 0 amide bonds. The number of aromatic amines is 3. The van der Waals surface area contributed by atoms with Crippen LogP contribution in [-0.2, 0) is 11.2 Å². The number of carboxylic acids is 1. The van der Waals surface area contributed by atoms with Crippen LogP contribution in [0, 0.1) is 32.6 Å². The van der Waals surface area contributed by atoms with Crippen LogP contribution >= 0.6 is 0 Å². The molecule has 39 heavy (non-hydrogen) atoms. The third kappa shape index (κ3) is 3.63. The normalized spacial score (nSPS) is 19.8. The molecule has 1 fully saturated rings. The molecule has 7 nitrogen and oxygen atoms in total. The van der Waals surface area contributed by atoms with Gasteiger partial charge in [0.1, 0.15) is 5.92 Å². The molecule has 202 valence electrons. The van der Waals surface area contributed by atoms with Crippen LogP contribution in [0.15, 0.2) is 11.4 Å². The summed E-state index contributed by atoms with van der Waals surface area (Å²) in [6, 6.07) is 0. The first-order chi connectivity index (χ1) is 18.5. The number of ketones is 1. The number of H-pyrrole nitrogens is 3. The second-order valence-electron chi connectivity index (χ2n) is 11.6. The second-order valence-corrected chi connectivity index (χ2v) is 11.6. The van der Waals surface area contributed by atoms with Crippen LogP contribution < -0.4 is 16.0 Å². The van der Waals surface area contributed by atoms with Gasteiger partial charge in [-0.25, -0.2) is 0 Å². The second kappa shape index (κ2) is 8.76. The molecule has 2 unspecified atom stereocenters. The predicted molar refractivity (Wildman–Crippen MR) is 154 cm³/mol. The molecule has 2 atom stereocenters. The molecule has 7 heteroatoms. The van der Waals surface area contributed by atoms with Crippen molar-refractivity contribution in [3.63, 3.8) is 0 Å². The maximum atomic E-state index is 13.3. The molecule has 1 aliphatic carbocycles. The van der Waals surface area contributed by atoms with Crippen molar-refractivity contribution in [2.24, 2.45) is 11.8 Å². The number of fused-ring (bicyclic) bond motifs is 7. The average molecular weight is 525 g/mol. The topological polar surface area (TPSA) is 114 Å². The summed E-state index contributed by atoms with van der Waals surface area (Å²) in [6.45, 7) is 14.8. The zero-order valence-electron chi connectivity index (χ0n) is 23.6. The SMILES string of the molecule is CCc1c(C)c2[nH]c1=Cc1[nH]c3c(c1C)C(=O)CC3=C1NC(=Cc3[nH]c(c(C(C)C)c3C)C=2)C(C)C1C(=O)O. The first kappa shape index (κ1) is 25.3. The Morgan fingerprint density at radius 3 is 2.33 bits per heavy atom. The molecular weight excluding hydrogens is 488 g/mol. The van der Waals surface area contributed by atoms with Crippen LogP contribution in [0.2, 0.25) is 0 Å². The summed E-state index contributed by atoms with van der Waals surface area (Å²) in [7, 11) is 0. The van der Waals surface area contributed by atoms with E-state index in [1.807, 2.05) is 13.8 Å². The first-order valence-electron chi connectivity index (χ1n) is 13.9. The monoisotopic (exact) mass is 524 g/mol. The molecule has 3 aromatic heterocycles. The predicted octanol–water partition coefficient (Wildman–Crippen LogP) is 4.53. The minimum Gasteiger partial charge on any atom is -0.481 e. The number of carbonyl (C=O) groups is 2. The molecule has 0 spiro atoms. The van der Waals surface area contributed by atoms with E-state index in [0.29, 0.717) is 17.2 Å². The fraction of sp³-hybridized carbons (Fsp3) is 0.375. The lowest BCUT2D eigenvalue weighted by Crippen LogP contribution is -2.20. The molecule has 8 bridgehead atoms. The van der Waals surface area contributed by atoms with Crippen molar-refractivity contribution in [1.82, 2.24) is 20.3 Å². The van der Waals surface area contributed by atoms with Crippen LogP contribution in [0.5, 0.6) is 0 Å². The molecule has 0 saturated carbocycles. The van der Waals surface area contributed by atoms with Crippen LogP contribution in [0.1, 0.15) is 101 Å². The van der Waals surface area contributed by atoms with Gasteiger partial charge in [0, 0.05) is 62.6 Å². The van der Waals surface area contributed by atoms with E-state index in [2.05, 4.69) is 73.1 Å². The van der Waals surface area contributed by atoms with Gasteiger partial charge >= 0.3 is 5.97 Å². The Morgan fingerprint density at radius 2 is 1.67 bits per heavy atom. The summed E-state index contributed by atoms with van der Waals surface area (Å²) in [6.07, 6.45) is 7.41. The maximum Gasteiger partial charge on any atom is 0.313 e. The van der Waals surface area contributed by atoms with Crippen LogP contribution in [-0.4, -0.2) is 31.8 Å². The number of rotatable bonds is 3. The van der Waals surface area contributed by atoms with Crippen molar-refractivity contribution in [3.8, 4) is 0 Å². The van der Waals surface area contributed by atoms with Gasteiger partial charge in [-0.1, -0.05) is 27.7 Å². The lowest BCUT2D eigenvalue weighted by molar-refractivity contribution is -0.141. The van der Waals surface area contributed by atoms with Gasteiger partial charge in [0.05, 0.1) is 5.69 Å². The van der Waals surface area contributed by atoms with Gasteiger partial charge < -0.3 is 25.4 Å². The third-order valence-corrected chi connectivity index (χ3v) is 9.01. The van der Waals surface area contributed by atoms with Gasteiger partial charge in [-0.2, -0.15) is 0 Å². The fourth-order valence-corrected chi connectivity index (χ4v) is 6.95. The molecule has 3 aliphatic rings. The number of allylic oxidation sites excluding steroid dienone is 2. The Labute approximate surface area is 227 Å². The highest BCUT2D eigenvalue weighted by Crippen LogP contribution is 2.44. The Bertz CT molecular complexity index is 1770. The third-order valence-electron chi connectivity index (χ3n) is 9.01. The van der Waals surface area contributed by atoms with E-state index >= 15 is 0 Å². The van der Waals surface area contributed by atoms with Gasteiger partial charge in [0.15, 0.2) is 5.78 Å². The molecule has 1 saturated heterocycles. The standard InChI is InChI=1S/C32H36N4O3/c1-8-18-14(4)20-12-25-27(13(2)3)15(5)21(34-25)10-22-17(7)29(32(38)39)31(36-22)19-9-26(37)28-16(6)23(35-30(19)28)11-24(18)33-20/h10-13,17,29,33-36H,8-9H2,1-7H3,(H,38,39). The van der Waals surface area contributed by atoms with Crippen LogP contribution in [0.4, 0.5) is 0 Å². The van der Waals surface area contributed by atoms with Crippen LogP contribution in [0.25, 0.3) is 23.8 Å². The lowest BCUT2D eigenvalue weighted by atomic mass is 9.90. The summed E-state index contributed by atoms with van der Waals surface area (Å²) in [5, 5.41) is 15.8. The van der Waals surface area contributed by atoms with Gasteiger partial charge in [0.2, 0.25) is 0 Å². The largest absolute Gasteiger partial charge is 0.481 e. The zero-order chi connectivity index (χ0) is 27.9. The molecule has 0 aromatic carbocycles. The molecule has 5 N–H and O–H groups in total. The highest BCUT2D eigenvalue weighted by atomic mass is 16.4.